The first-order valence-corrected chi connectivity index (χ1v) is 7.70. The summed E-state index contributed by atoms with van der Waals surface area (Å²) < 4.78 is 0. The topological polar surface area (TPSA) is 12.0 Å². The van der Waals surface area contributed by atoms with Gasteiger partial charge in [0, 0.05) is 12.1 Å². The van der Waals surface area contributed by atoms with Gasteiger partial charge in [0.2, 0.25) is 0 Å². The van der Waals surface area contributed by atoms with Crippen LogP contribution in [0.4, 0.5) is 0 Å². The SMILES string of the molecule is CCC(C)C(CNC(C)(C)C)c1ccc(Cl)c(Cl)c1. The van der Waals surface area contributed by atoms with Crippen molar-refractivity contribution in [2.75, 3.05) is 6.54 Å². The van der Waals surface area contributed by atoms with Crippen LogP contribution in [0.2, 0.25) is 10.0 Å². The molecule has 0 saturated carbocycles. The predicted molar refractivity (Wildman–Crippen MR) is 86.4 cm³/mol. The lowest BCUT2D eigenvalue weighted by molar-refractivity contribution is 0.356. The molecule has 0 aliphatic heterocycles. The zero-order valence-corrected chi connectivity index (χ0v) is 14.1. The van der Waals surface area contributed by atoms with Crippen LogP contribution in [-0.2, 0) is 0 Å². The summed E-state index contributed by atoms with van der Waals surface area (Å²) in [6, 6.07) is 5.99. The zero-order chi connectivity index (χ0) is 14.6. The molecular formula is C16H25Cl2N. The Morgan fingerprint density at radius 3 is 2.26 bits per heavy atom. The standard InChI is InChI=1S/C16H25Cl2N/c1-6-11(2)13(10-19-16(3,4)5)12-7-8-14(17)15(18)9-12/h7-9,11,13,19H,6,10H2,1-5H3. The third-order valence-electron chi connectivity index (χ3n) is 3.55. The highest BCUT2D eigenvalue weighted by atomic mass is 35.5. The van der Waals surface area contributed by atoms with Crippen molar-refractivity contribution in [2.24, 2.45) is 5.92 Å². The smallest absolute Gasteiger partial charge is 0.0595 e. The second-order valence-electron chi connectivity index (χ2n) is 6.30. The van der Waals surface area contributed by atoms with E-state index in [1.165, 1.54) is 5.56 Å². The molecule has 3 heteroatoms. The van der Waals surface area contributed by atoms with E-state index in [1.54, 1.807) is 0 Å². The maximum Gasteiger partial charge on any atom is 0.0595 e. The number of benzene rings is 1. The Hall–Kier alpha value is -0.240. The maximum atomic E-state index is 6.14. The number of nitrogens with one attached hydrogen (secondary N) is 1. The fourth-order valence-electron chi connectivity index (χ4n) is 2.09. The Kier molecular flexibility index (Phi) is 6.16. The molecule has 0 fully saturated rings. The first kappa shape index (κ1) is 16.8. The van der Waals surface area contributed by atoms with Gasteiger partial charge in [0.25, 0.3) is 0 Å². The molecule has 1 nitrogen and oxygen atoms in total. The summed E-state index contributed by atoms with van der Waals surface area (Å²) in [5.74, 6) is 1.06. The lowest BCUT2D eigenvalue weighted by atomic mass is 9.85. The quantitative estimate of drug-likeness (QED) is 0.756. The van der Waals surface area contributed by atoms with Crippen LogP contribution in [0.25, 0.3) is 0 Å². The minimum Gasteiger partial charge on any atom is -0.311 e. The van der Waals surface area contributed by atoms with E-state index in [0.29, 0.717) is 21.9 Å². The van der Waals surface area contributed by atoms with Gasteiger partial charge in [-0.15, -0.1) is 0 Å². The number of hydrogen-bond acceptors (Lipinski definition) is 1. The highest BCUT2D eigenvalue weighted by Gasteiger charge is 2.21. The van der Waals surface area contributed by atoms with Crippen molar-refractivity contribution in [3.05, 3.63) is 33.8 Å². The van der Waals surface area contributed by atoms with E-state index in [0.717, 1.165) is 13.0 Å². The molecule has 0 spiro atoms. The van der Waals surface area contributed by atoms with Gasteiger partial charge >= 0.3 is 0 Å². The van der Waals surface area contributed by atoms with Gasteiger partial charge in [0.1, 0.15) is 0 Å². The average molecular weight is 302 g/mol. The van der Waals surface area contributed by atoms with Gasteiger partial charge in [-0.1, -0.05) is 49.5 Å². The Balaban J connectivity index is 2.93. The maximum absolute atomic E-state index is 6.14. The fraction of sp³-hybridized carbons (Fsp3) is 0.625. The predicted octanol–water partition coefficient (Wildman–Crippen LogP) is 5.51. The second-order valence-corrected chi connectivity index (χ2v) is 7.11. The van der Waals surface area contributed by atoms with Crippen LogP contribution in [0.15, 0.2) is 18.2 Å². The third-order valence-corrected chi connectivity index (χ3v) is 4.29. The van der Waals surface area contributed by atoms with E-state index in [4.69, 9.17) is 23.2 Å². The van der Waals surface area contributed by atoms with Crippen LogP contribution in [0.5, 0.6) is 0 Å². The molecule has 0 aliphatic carbocycles. The molecule has 1 aromatic rings. The van der Waals surface area contributed by atoms with Gasteiger partial charge in [0.05, 0.1) is 10.0 Å². The molecule has 0 bridgehead atoms. The number of rotatable bonds is 5. The summed E-state index contributed by atoms with van der Waals surface area (Å²) in [5, 5.41) is 4.86. The van der Waals surface area contributed by atoms with Crippen molar-refractivity contribution in [1.29, 1.82) is 0 Å². The largest absolute Gasteiger partial charge is 0.311 e. The first-order chi connectivity index (χ1) is 8.74. The average Bonchev–Trinajstić information content (AvgIpc) is 2.32. The minimum absolute atomic E-state index is 0.127. The molecular weight excluding hydrogens is 277 g/mol. The zero-order valence-electron chi connectivity index (χ0n) is 12.6. The van der Waals surface area contributed by atoms with E-state index in [1.807, 2.05) is 12.1 Å². The molecule has 0 heterocycles. The lowest BCUT2D eigenvalue weighted by Gasteiger charge is -2.29. The van der Waals surface area contributed by atoms with Crippen molar-refractivity contribution < 1.29 is 0 Å². The minimum atomic E-state index is 0.127. The van der Waals surface area contributed by atoms with Crippen LogP contribution >= 0.6 is 23.2 Å². The number of halogens is 2. The Morgan fingerprint density at radius 2 is 1.79 bits per heavy atom. The Morgan fingerprint density at radius 1 is 1.16 bits per heavy atom. The van der Waals surface area contributed by atoms with E-state index < -0.39 is 0 Å². The molecule has 1 aromatic carbocycles. The van der Waals surface area contributed by atoms with Gasteiger partial charge in [-0.3, -0.25) is 0 Å². The first-order valence-electron chi connectivity index (χ1n) is 6.94. The van der Waals surface area contributed by atoms with Crippen molar-refractivity contribution in [3.8, 4) is 0 Å². The van der Waals surface area contributed by atoms with Crippen molar-refractivity contribution in [2.45, 2.75) is 52.5 Å². The molecule has 1 N–H and O–H groups in total. The van der Waals surface area contributed by atoms with Crippen LogP contribution < -0.4 is 5.32 Å². The molecule has 0 aliphatic rings. The van der Waals surface area contributed by atoms with Crippen LogP contribution in [-0.4, -0.2) is 12.1 Å². The molecule has 0 aromatic heterocycles. The highest BCUT2D eigenvalue weighted by Crippen LogP contribution is 2.31. The van der Waals surface area contributed by atoms with Crippen LogP contribution in [0.3, 0.4) is 0 Å². The molecule has 19 heavy (non-hydrogen) atoms. The third kappa shape index (κ3) is 5.33. The summed E-state index contributed by atoms with van der Waals surface area (Å²) in [5.41, 5.74) is 1.39. The number of hydrogen-bond donors (Lipinski definition) is 1. The molecule has 1 rings (SSSR count). The summed E-state index contributed by atoms with van der Waals surface area (Å²) in [6.45, 7) is 12.0. The molecule has 2 unspecified atom stereocenters. The summed E-state index contributed by atoms with van der Waals surface area (Å²) in [4.78, 5) is 0. The summed E-state index contributed by atoms with van der Waals surface area (Å²) in [7, 11) is 0. The molecule has 108 valence electrons. The molecule has 0 amide bonds. The highest BCUT2D eigenvalue weighted by molar-refractivity contribution is 6.42. The van der Waals surface area contributed by atoms with Gasteiger partial charge in [-0.25, -0.2) is 0 Å². The normalized spacial score (nSPS) is 15.3. The van der Waals surface area contributed by atoms with Crippen molar-refractivity contribution >= 4 is 23.2 Å². The molecule has 2 atom stereocenters. The van der Waals surface area contributed by atoms with E-state index >= 15 is 0 Å². The van der Waals surface area contributed by atoms with E-state index in [-0.39, 0.29) is 5.54 Å². The van der Waals surface area contributed by atoms with E-state index in [2.05, 4.69) is 46.0 Å². The Labute approximate surface area is 127 Å². The second kappa shape index (κ2) is 6.97. The van der Waals surface area contributed by atoms with Crippen molar-refractivity contribution in [3.63, 3.8) is 0 Å². The van der Waals surface area contributed by atoms with Gasteiger partial charge in [0.15, 0.2) is 0 Å². The van der Waals surface area contributed by atoms with Crippen molar-refractivity contribution in [1.82, 2.24) is 5.32 Å². The van der Waals surface area contributed by atoms with Crippen LogP contribution in [0, 0.1) is 5.92 Å². The van der Waals surface area contributed by atoms with Crippen LogP contribution in [0.1, 0.15) is 52.5 Å². The molecule has 0 saturated heterocycles. The summed E-state index contributed by atoms with van der Waals surface area (Å²) >= 11 is 12.1. The fourth-order valence-corrected chi connectivity index (χ4v) is 2.40. The van der Waals surface area contributed by atoms with E-state index in [9.17, 15) is 0 Å². The molecule has 0 radical (unpaired) electrons. The van der Waals surface area contributed by atoms with Gasteiger partial charge in [-0.05, 0) is 50.3 Å². The van der Waals surface area contributed by atoms with Gasteiger partial charge in [-0.2, -0.15) is 0 Å². The van der Waals surface area contributed by atoms with Gasteiger partial charge < -0.3 is 5.32 Å². The monoisotopic (exact) mass is 301 g/mol. The lowest BCUT2D eigenvalue weighted by Crippen LogP contribution is -2.39. The summed E-state index contributed by atoms with van der Waals surface area (Å²) in [6.07, 6.45) is 1.15. The Bertz CT molecular complexity index is 410.